The van der Waals surface area contributed by atoms with Gasteiger partial charge in [0.25, 0.3) is 0 Å². The van der Waals surface area contributed by atoms with Gasteiger partial charge in [-0.1, -0.05) is 6.92 Å². The highest BCUT2D eigenvalue weighted by molar-refractivity contribution is 4.81. The second-order valence-corrected chi connectivity index (χ2v) is 5.54. The predicted octanol–water partition coefficient (Wildman–Crippen LogP) is 1.16. The zero-order chi connectivity index (χ0) is 13.4. The van der Waals surface area contributed by atoms with Gasteiger partial charge in [0.15, 0.2) is 0 Å². The van der Waals surface area contributed by atoms with Crippen molar-refractivity contribution >= 4 is 0 Å². The molecule has 2 N–H and O–H groups in total. The van der Waals surface area contributed by atoms with Gasteiger partial charge in [0.05, 0.1) is 0 Å². The summed E-state index contributed by atoms with van der Waals surface area (Å²) in [5.74, 6) is 0. The van der Waals surface area contributed by atoms with E-state index in [4.69, 9.17) is 10.5 Å². The molecule has 0 radical (unpaired) electrons. The van der Waals surface area contributed by atoms with Crippen LogP contribution in [-0.2, 0) is 4.74 Å². The van der Waals surface area contributed by atoms with Gasteiger partial charge in [0, 0.05) is 38.9 Å². The molecule has 1 rings (SSSR count). The quantitative estimate of drug-likeness (QED) is 0.629. The van der Waals surface area contributed by atoms with Gasteiger partial charge in [-0.25, -0.2) is 0 Å². The fourth-order valence-corrected chi connectivity index (χ4v) is 2.93. The molecule has 1 aliphatic rings. The van der Waals surface area contributed by atoms with Crippen LogP contribution in [0, 0.1) is 0 Å². The highest BCUT2D eigenvalue weighted by Crippen LogP contribution is 2.17. The first-order chi connectivity index (χ1) is 8.67. The number of hydrogen-bond acceptors (Lipinski definition) is 4. The summed E-state index contributed by atoms with van der Waals surface area (Å²) < 4.78 is 5.06. The summed E-state index contributed by atoms with van der Waals surface area (Å²) in [6.07, 6.45) is 4.82. The largest absolute Gasteiger partial charge is 0.385 e. The van der Waals surface area contributed by atoms with Crippen LogP contribution in [0.25, 0.3) is 0 Å². The topological polar surface area (TPSA) is 41.7 Å². The Morgan fingerprint density at radius 2 is 2.28 bits per heavy atom. The van der Waals surface area contributed by atoms with Gasteiger partial charge < -0.3 is 15.4 Å². The molecule has 0 aromatic rings. The number of likely N-dealkylation sites (N-methyl/N-ethyl adjacent to an activating group) is 2. The van der Waals surface area contributed by atoms with Gasteiger partial charge in [-0.15, -0.1) is 0 Å². The third kappa shape index (κ3) is 5.65. The molecule has 1 heterocycles. The average molecular weight is 257 g/mol. The maximum absolute atomic E-state index is 6.15. The minimum absolute atomic E-state index is 0.279. The Kier molecular flexibility index (Phi) is 7.82. The Morgan fingerprint density at radius 3 is 2.94 bits per heavy atom. The Morgan fingerprint density at radius 1 is 1.50 bits per heavy atom. The van der Waals surface area contributed by atoms with Gasteiger partial charge in [-0.2, -0.15) is 0 Å². The van der Waals surface area contributed by atoms with Crippen molar-refractivity contribution in [3.63, 3.8) is 0 Å². The molecule has 1 aliphatic heterocycles. The van der Waals surface area contributed by atoms with Crippen LogP contribution in [0.3, 0.4) is 0 Å². The highest BCUT2D eigenvalue weighted by Gasteiger charge is 2.24. The minimum atomic E-state index is 0.279. The predicted molar refractivity (Wildman–Crippen MR) is 76.9 cm³/mol. The molecule has 18 heavy (non-hydrogen) atoms. The molecule has 2 unspecified atom stereocenters. The number of nitrogens with zero attached hydrogens (tertiary/aromatic N) is 2. The summed E-state index contributed by atoms with van der Waals surface area (Å²) in [5.41, 5.74) is 6.15. The van der Waals surface area contributed by atoms with Gasteiger partial charge in [0.1, 0.15) is 0 Å². The van der Waals surface area contributed by atoms with E-state index in [1.165, 1.54) is 25.9 Å². The smallest absolute Gasteiger partial charge is 0.0462 e. The molecule has 0 aromatic carbocycles. The molecule has 4 nitrogen and oxygen atoms in total. The summed E-state index contributed by atoms with van der Waals surface area (Å²) in [7, 11) is 3.94. The SMILES string of the molecule is CCN1CCCC1CN(C)CC(N)CCCOC. The van der Waals surface area contributed by atoms with Gasteiger partial charge in [-0.3, -0.25) is 4.90 Å². The molecule has 0 aliphatic carbocycles. The van der Waals surface area contributed by atoms with Crippen molar-refractivity contribution in [1.29, 1.82) is 0 Å². The van der Waals surface area contributed by atoms with E-state index in [0.717, 1.165) is 38.6 Å². The molecule has 108 valence electrons. The van der Waals surface area contributed by atoms with E-state index < -0.39 is 0 Å². The summed E-state index contributed by atoms with van der Waals surface area (Å²) >= 11 is 0. The van der Waals surface area contributed by atoms with Crippen LogP contribution in [-0.4, -0.2) is 68.8 Å². The Bertz CT molecular complexity index is 213. The summed E-state index contributed by atoms with van der Waals surface area (Å²) in [6, 6.07) is 1.02. The first kappa shape index (κ1) is 15.9. The van der Waals surface area contributed by atoms with Crippen molar-refractivity contribution in [3.8, 4) is 0 Å². The van der Waals surface area contributed by atoms with E-state index in [-0.39, 0.29) is 6.04 Å². The average Bonchev–Trinajstić information content (AvgIpc) is 2.76. The van der Waals surface area contributed by atoms with Crippen molar-refractivity contribution in [1.82, 2.24) is 9.80 Å². The van der Waals surface area contributed by atoms with E-state index in [1.54, 1.807) is 7.11 Å². The second-order valence-electron chi connectivity index (χ2n) is 5.54. The van der Waals surface area contributed by atoms with Crippen LogP contribution in [0.2, 0.25) is 0 Å². The van der Waals surface area contributed by atoms with Crippen LogP contribution in [0.15, 0.2) is 0 Å². The van der Waals surface area contributed by atoms with Crippen LogP contribution in [0.5, 0.6) is 0 Å². The second kappa shape index (κ2) is 8.86. The Labute approximate surface area is 112 Å². The lowest BCUT2D eigenvalue weighted by Gasteiger charge is -2.29. The molecule has 0 spiro atoms. The lowest BCUT2D eigenvalue weighted by atomic mass is 10.1. The number of ether oxygens (including phenoxy) is 1. The first-order valence-corrected chi connectivity index (χ1v) is 7.34. The fraction of sp³-hybridized carbons (Fsp3) is 1.00. The Hall–Kier alpha value is -0.160. The highest BCUT2D eigenvalue weighted by atomic mass is 16.5. The molecule has 0 saturated carbocycles. The van der Waals surface area contributed by atoms with Crippen molar-refractivity contribution in [2.24, 2.45) is 5.73 Å². The molecule has 0 amide bonds. The maximum atomic E-state index is 6.15. The molecule has 1 saturated heterocycles. The van der Waals surface area contributed by atoms with Crippen molar-refractivity contribution in [3.05, 3.63) is 0 Å². The number of nitrogens with two attached hydrogens (primary N) is 1. The van der Waals surface area contributed by atoms with Crippen LogP contribution in [0.1, 0.15) is 32.6 Å². The van der Waals surface area contributed by atoms with Gasteiger partial charge >= 0.3 is 0 Å². The van der Waals surface area contributed by atoms with Crippen molar-refractivity contribution < 1.29 is 4.74 Å². The third-order valence-corrected chi connectivity index (χ3v) is 3.90. The van der Waals surface area contributed by atoms with Crippen molar-refractivity contribution in [2.75, 3.05) is 46.9 Å². The lowest BCUT2D eigenvalue weighted by molar-refractivity contribution is 0.177. The zero-order valence-corrected chi connectivity index (χ0v) is 12.4. The molecule has 1 fully saturated rings. The summed E-state index contributed by atoms with van der Waals surface area (Å²) in [6.45, 7) is 7.69. The Balaban J connectivity index is 2.17. The lowest BCUT2D eigenvalue weighted by Crippen LogP contribution is -2.43. The van der Waals surface area contributed by atoms with E-state index >= 15 is 0 Å². The van der Waals surface area contributed by atoms with Crippen molar-refractivity contribution in [2.45, 2.75) is 44.7 Å². The van der Waals surface area contributed by atoms with E-state index in [1.807, 2.05) is 0 Å². The molecule has 4 heteroatoms. The molecule has 2 atom stereocenters. The van der Waals surface area contributed by atoms with Gasteiger partial charge in [-0.05, 0) is 45.8 Å². The van der Waals surface area contributed by atoms with Crippen LogP contribution < -0.4 is 5.73 Å². The maximum Gasteiger partial charge on any atom is 0.0462 e. The summed E-state index contributed by atoms with van der Waals surface area (Å²) in [4.78, 5) is 4.99. The molecule has 0 bridgehead atoms. The molecule has 0 aromatic heterocycles. The standard InChI is InChI=1S/C14H31N3O/c1-4-17-9-5-8-14(17)12-16(2)11-13(15)7-6-10-18-3/h13-14H,4-12,15H2,1-3H3. The fourth-order valence-electron chi connectivity index (χ4n) is 2.93. The monoisotopic (exact) mass is 257 g/mol. The van der Waals surface area contributed by atoms with E-state index in [0.29, 0.717) is 0 Å². The number of likely N-dealkylation sites (tertiary alicyclic amines) is 1. The first-order valence-electron chi connectivity index (χ1n) is 7.34. The summed E-state index contributed by atoms with van der Waals surface area (Å²) in [5, 5.41) is 0. The zero-order valence-electron chi connectivity index (χ0n) is 12.4. The minimum Gasteiger partial charge on any atom is -0.385 e. The van der Waals surface area contributed by atoms with Gasteiger partial charge in [0.2, 0.25) is 0 Å². The number of hydrogen-bond donors (Lipinski definition) is 1. The van der Waals surface area contributed by atoms with Crippen LogP contribution >= 0.6 is 0 Å². The van der Waals surface area contributed by atoms with E-state index in [2.05, 4.69) is 23.8 Å². The number of rotatable bonds is 9. The van der Waals surface area contributed by atoms with E-state index in [9.17, 15) is 0 Å². The molecular weight excluding hydrogens is 226 g/mol. The third-order valence-electron chi connectivity index (χ3n) is 3.90. The normalized spacial score (nSPS) is 22.8. The van der Waals surface area contributed by atoms with Crippen LogP contribution in [0.4, 0.5) is 0 Å². The number of methoxy groups -OCH3 is 1. The molecular formula is C14H31N3O.